The molecule has 1 aliphatic carbocycles. The van der Waals surface area contributed by atoms with Crippen molar-refractivity contribution >= 4 is 17.6 Å². The van der Waals surface area contributed by atoms with Crippen LogP contribution in [0, 0.1) is 0 Å². The van der Waals surface area contributed by atoms with Crippen molar-refractivity contribution in [2.75, 3.05) is 7.11 Å². The number of hydrogen-bond donors (Lipinski definition) is 2. The number of pyridine rings is 1. The predicted octanol–water partition coefficient (Wildman–Crippen LogP) is 3.13. The molecule has 0 spiro atoms. The Morgan fingerprint density at radius 1 is 1.00 bits per heavy atom. The van der Waals surface area contributed by atoms with Crippen molar-refractivity contribution in [2.24, 2.45) is 0 Å². The van der Waals surface area contributed by atoms with Crippen LogP contribution in [0.4, 0.5) is 0 Å². The van der Waals surface area contributed by atoms with Crippen LogP contribution in [0.2, 0.25) is 0 Å². The minimum Gasteiger partial charge on any atom is -0.497 e. The van der Waals surface area contributed by atoms with Crippen molar-refractivity contribution in [1.82, 2.24) is 25.4 Å². The summed E-state index contributed by atoms with van der Waals surface area (Å²) in [4.78, 5) is 43.6. The van der Waals surface area contributed by atoms with Crippen LogP contribution in [0.25, 0.3) is 17.1 Å². The van der Waals surface area contributed by atoms with Gasteiger partial charge in [-0.05, 0) is 48.7 Å². The molecule has 0 radical (unpaired) electrons. The Morgan fingerprint density at radius 2 is 1.76 bits per heavy atom. The van der Waals surface area contributed by atoms with E-state index in [9.17, 15) is 14.4 Å². The highest BCUT2D eigenvalue weighted by Crippen LogP contribution is 2.20. The smallest absolute Gasteiger partial charge is 0.289 e. The average molecular weight is 510 g/mol. The molecule has 9 nitrogen and oxygen atoms in total. The van der Waals surface area contributed by atoms with Gasteiger partial charge in [0.05, 0.1) is 18.4 Å². The van der Waals surface area contributed by atoms with Crippen molar-refractivity contribution in [3.8, 4) is 22.8 Å². The summed E-state index contributed by atoms with van der Waals surface area (Å²) in [7, 11) is 1.57. The molecule has 2 amide bonds. The Morgan fingerprint density at radius 3 is 2.47 bits per heavy atom. The van der Waals surface area contributed by atoms with Gasteiger partial charge in [-0.3, -0.25) is 14.4 Å². The lowest BCUT2D eigenvalue weighted by Crippen LogP contribution is -2.49. The van der Waals surface area contributed by atoms with Gasteiger partial charge in [-0.2, -0.15) is 5.10 Å². The molecule has 0 unspecified atom stereocenters. The molecule has 9 heteroatoms. The fraction of sp³-hybridized carbons (Fsp3) is 0.207. The van der Waals surface area contributed by atoms with E-state index in [0.29, 0.717) is 11.6 Å². The number of aromatic nitrogens is 3. The van der Waals surface area contributed by atoms with E-state index >= 15 is 0 Å². The number of nitrogens with one attached hydrogen (secondary N) is 2. The van der Waals surface area contributed by atoms with E-state index in [0.717, 1.165) is 29.7 Å². The topological polar surface area (TPSA) is 115 Å². The predicted molar refractivity (Wildman–Crippen MR) is 141 cm³/mol. The van der Waals surface area contributed by atoms with Crippen LogP contribution >= 0.6 is 0 Å². The van der Waals surface area contributed by atoms with Crippen LogP contribution in [0.15, 0.2) is 85.2 Å². The van der Waals surface area contributed by atoms with Crippen molar-refractivity contribution in [1.29, 1.82) is 0 Å². The third kappa shape index (κ3) is 5.78. The third-order valence-corrected chi connectivity index (χ3v) is 6.26. The van der Waals surface area contributed by atoms with Gasteiger partial charge in [0.15, 0.2) is 5.82 Å². The second-order valence-corrected chi connectivity index (χ2v) is 9.08. The maximum absolute atomic E-state index is 13.5. The number of hydrogen-bond acceptors (Lipinski definition) is 6. The molecule has 4 aromatic rings. The number of rotatable bonds is 10. The van der Waals surface area contributed by atoms with E-state index in [1.54, 1.807) is 55.9 Å². The van der Waals surface area contributed by atoms with Crippen molar-refractivity contribution < 1.29 is 19.1 Å². The fourth-order valence-electron chi connectivity index (χ4n) is 4.05. The van der Waals surface area contributed by atoms with Gasteiger partial charge in [0.2, 0.25) is 5.78 Å². The standard InChI is InChI=1S/C29H27N5O4/c1-38-22-13-9-19(10-14-22)18-25(26(35)29(37)31-21-11-12-21)32-28(36)23-8-5-16-30-27(23)34-17-15-24(33-34)20-6-3-2-4-7-20/h2-10,13-17,21,25H,11-12,18H2,1H3,(H,31,37)(H,32,36)/t25-/m0/s1. The number of methoxy groups -OCH3 is 1. The van der Waals surface area contributed by atoms with E-state index in [1.807, 2.05) is 36.4 Å². The Kier molecular flexibility index (Phi) is 7.26. The highest BCUT2D eigenvalue weighted by molar-refractivity contribution is 6.38. The van der Waals surface area contributed by atoms with E-state index in [4.69, 9.17) is 4.74 Å². The molecule has 1 fully saturated rings. The van der Waals surface area contributed by atoms with Crippen LogP contribution < -0.4 is 15.4 Å². The average Bonchev–Trinajstić information content (AvgIpc) is 3.64. The van der Waals surface area contributed by atoms with E-state index in [2.05, 4.69) is 20.7 Å². The monoisotopic (exact) mass is 509 g/mol. The molecular formula is C29H27N5O4. The first-order chi connectivity index (χ1) is 18.5. The Bertz CT molecular complexity index is 1450. The molecule has 0 bridgehead atoms. The lowest BCUT2D eigenvalue weighted by atomic mass is 10.0. The molecule has 2 N–H and O–H groups in total. The summed E-state index contributed by atoms with van der Waals surface area (Å²) < 4.78 is 6.73. The number of benzene rings is 2. The van der Waals surface area contributed by atoms with Gasteiger partial charge in [-0.1, -0.05) is 42.5 Å². The van der Waals surface area contributed by atoms with E-state index < -0.39 is 23.6 Å². The van der Waals surface area contributed by atoms with Gasteiger partial charge in [0, 0.05) is 30.4 Å². The van der Waals surface area contributed by atoms with Gasteiger partial charge in [-0.15, -0.1) is 0 Å². The Hall–Kier alpha value is -4.79. The second-order valence-electron chi connectivity index (χ2n) is 9.08. The number of Topliss-reactive ketones (excluding diaryl/α,β-unsaturated/α-hetero) is 1. The molecule has 1 atom stereocenters. The summed E-state index contributed by atoms with van der Waals surface area (Å²) >= 11 is 0. The summed E-state index contributed by atoms with van der Waals surface area (Å²) in [6.07, 6.45) is 5.14. The minimum absolute atomic E-state index is 0.0207. The third-order valence-electron chi connectivity index (χ3n) is 6.26. The SMILES string of the molecule is COc1ccc(C[C@H](NC(=O)c2cccnc2-n2ccc(-c3ccccc3)n2)C(=O)C(=O)NC2CC2)cc1. The van der Waals surface area contributed by atoms with Crippen LogP contribution in [0.5, 0.6) is 5.75 Å². The summed E-state index contributed by atoms with van der Waals surface area (Å²) in [6, 6.07) is 20.8. The fourth-order valence-corrected chi connectivity index (χ4v) is 4.05. The first-order valence-corrected chi connectivity index (χ1v) is 12.4. The molecular weight excluding hydrogens is 482 g/mol. The van der Waals surface area contributed by atoms with Gasteiger partial charge < -0.3 is 15.4 Å². The second kappa shape index (κ2) is 11.1. The highest BCUT2D eigenvalue weighted by Gasteiger charge is 2.32. The quantitative estimate of drug-likeness (QED) is 0.318. The Balaban J connectivity index is 1.39. The lowest BCUT2D eigenvalue weighted by Gasteiger charge is -2.18. The van der Waals surface area contributed by atoms with Crippen molar-refractivity contribution in [2.45, 2.75) is 31.3 Å². The summed E-state index contributed by atoms with van der Waals surface area (Å²) in [5, 5.41) is 10.1. The van der Waals surface area contributed by atoms with Gasteiger partial charge in [0.1, 0.15) is 11.8 Å². The molecule has 2 heterocycles. The van der Waals surface area contributed by atoms with E-state index in [1.165, 1.54) is 4.68 Å². The number of ketones is 1. The molecule has 5 rings (SSSR count). The normalized spacial score (nSPS) is 13.4. The highest BCUT2D eigenvalue weighted by atomic mass is 16.5. The molecule has 0 saturated heterocycles. The molecule has 192 valence electrons. The summed E-state index contributed by atoms with van der Waals surface area (Å²) in [5.41, 5.74) is 2.66. The zero-order valence-electron chi connectivity index (χ0n) is 20.8. The van der Waals surface area contributed by atoms with Crippen LogP contribution in [0.1, 0.15) is 28.8 Å². The molecule has 38 heavy (non-hydrogen) atoms. The van der Waals surface area contributed by atoms with Crippen LogP contribution in [-0.4, -0.2) is 51.6 Å². The number of nitrogens with zero attached hydrogens (tertiary/aromatic N) is 3. The van der Waals surface area contributed by atoms with Gasteiger partial charge in [0.25, 0.3) is 11.8 Å². The molecule has 2 aromatic carbocycles. The Labute approximate surface area is 219 Å². The van der Waals surface area contributed by atoms with E-state index in [-0.39, 0.29) is 18.0 Å². The zero-order valence-corrected chi connectivity index (χ0v) is 20.8. The zero-order chi connectivity index (χ0) is 26.5. The van der Waals surface area contributed by atoms with Crippen molar-refractivity contribution in [3.05, 3.63) is 96.3 Å². The summed E-state index contributed by atoms with van der Waals surface area (Å²) in [6.45, 7) is 0. The van der Waals surface area contributed by atoms with Crippen molar-refractivity contribution in [3.63, 3.8) is 0 Å². The van der Waals surface area contributed by atoms with Crippen LogP contribution in [0.3, 0.4) is 0 Å². The van der Waals surface area contributed by atoms with Gasteiger partial charge >= 0.3 is 0 Å². The first kappa shape index (κ1) is 24.9. The molecule has 0 aliphatic heterocycles. The molecule has 2 aromatic heterocycles. The number of ether oxygens (including phenoxy) is 1. The maximum atomic E-state index is 13.5. The minimum atomic E-state index is -1.07. The maximum Gasteiger partial charge on any atom is 0.289 e. The number of carbonyl (C=O) groups is 3. The molecule has 1 aliphatic rings. The lowest BCUT2D eigenvalue weighted by molar-refractivity contribution is -0.139. The molecule has 1 saturated carbocycles. The number of carbonyl (C=O) groups excluding carboxylic acids is 3. The number of amides is 2. The summed E-state index contributed by atoms with van der Waals surface area (Å²) in [5.74, 6) is -0.947. The van der Waals surface area contributed by atoms with Crippen LogP contribution in [-0.2, 0) is 16.0 Å². The van der Waals surface area contributed by atoms with Gasteiger partial charge in [-0.25, -0.2) is 9.67 Å². The largest absolute Gasteiger partial charge is 0.497 e. The first-order valence-electron chi connectivity index (χ1n) is 12.4.